The van der Waals surface area contributed by atoms with Gasteiger partial charge in [0.15, 0.2) is 0 Å². The Hall–Kier alpha value is -1.12. The monoisotopic (exact) mass is 190 g/mol. The lowest BCUT2D eigenvalue weighted by Gasteiger charge is -2.25. The number of hydrogen-bond acceptors (Lipinski definition) is 2. The third-order valence-electron chi connectivity index (χ3n) is 2.71. The van der Waals surface area contributed by atoms with Crippen molar-refractivity contribution in [1.29, 1.82) is 0 Å². The first-order chi connectivity index (χ1) is 6.59. The molecule has 2 heteroatoms. The van der Waals surface area contributed by atoms with E-state index in [2.05, 4.69) is 0 Å². The van der Waals surface area contributed by atoms with E-state index in [1.165, 1.54) is 0 Å². The molecule has 2 nitrogen and oxygen atoms in total. The van der Waals surface area contributed by atoms with Gasteiger partial charge >= 0.3 is 0 Å². The minimum absolute atomic E-state index is 0.760. The standard InChI is InChI=1S/C12H14O2/c1-7-3-4-9-6-8(2)11(13)12(14)10(9)5-7/h3-6,11-14H,1-2H3/t11-,12-/m0/s1. The Morgan fingerprint density at radius 1 is 1.07 bits per heavy atom. The molecule has 1 aromatic rings. The smallest absolute Gasteiger partial charge is 0.109 e. The van der Waals surface area contributed by atoms with Crippen LogP contribution in [-0.4, -0.2) is 16.3 Å². The second kappa shape index (κ2) is 3.23. The molecule has 2 N–H and O–H groups in total. The summed E-state index contributed by atoms with van der Waals surface area (Å²) in [4.78, 5) is 0. The number of aliphatic hydroxyl groups is 2. The zero-order valence-electron chi connectivity index (χ0n) is 8.36. The lowest BCUT2D eigenvalue weighted by Crippen LogP contribution is -2.23. The zero-order chi connectivity index (χ0) is 10.3. The van der Waals surface area contributed by atoms with E-state index in [0.29, 0.717) is 0 Å². The summed E-state index contributed by atoms with van der Waals surface area (Å²) in [6.07, 6.45) is 0.380. The number of benzene rings is 1. The maximum atomic E-state index is 9.83. The number of rotatable bonds is 0. The van der Waals surface area contributed by atoms with Gasteiger partial charge in [-0.15, -0.1) is 0 Å². The van der Waals surface area contributed by atoms with Crippen molar-refractivity contribution in [3.8, 4) is 0 Å². The van der Waals surface area contributed by atoms with Crippen LogP contribution in [0.15, 0.2) is 23.8 Å². The molecule has 1 aliphatic rings. The molecule has 0 amide bonds. The van der Waals surface area contributed by atoms with Gasteiger partial charge in [-0.3, -0.25) is 0 Å². The molecule has 0 bridgehead atoms. The van der Waals surface area contributed by atoms with E-state index in [1.54, 1.807) is 0 Å². The summed E-state index contributed by atoms with van der Waals surface area (Å²) < 4.78 is 0. The Labute approximate surface area is 83.5 Å². The van der Waals surface area contributed by atoms with Crippen molar-refractivity contribution in [3.63, 3.8) is 0 Å². The van der Waals surface area contributed by atoms with Crippen LogP contribution in [-0.2, 0) is 0 Å². The Kier molecular flexibility index (Phi) is 2.17. The molecule has 74 valence electrons. The first-order valence-corrected chi connectivity index (χ1v) is 4.74. The summed E-state index contributed by atoms with van der Waals surface area (Å²) in [5.41, 5.74) is 3.74. The van der Waals surface area contributed by atoms with Crippen molar-refractivity contribution in [1.82, 2.24) is 0 Å². The maximum Gasteiger partial charge on any atom is 0.109 e. The molecule has 0 saturated heterocycles. The molecule has 0 radical (unpaired) electrons. The summed E-state index contributed by atoms with van der Waals surface area (Å²) in [6, 6.07) is 5.91. The predicted octanol–water partition coefficient (Wildman–Crippen LogP) is 1.81. The van der Waals surface area contributed by atoms with Gasteiger partial charge in [0.05, 0.1) is 0 Å². The molecular formula is C12H14O2. The van der Waals surface area contributed by atoms with Crippen molar-refractivity contribution in [2.75, 3.05) is 0 Å². The third kappa shape index (κ3) is 1.37. The molecule has 14 heavy (non-hydrogen) atoms. The van der Waals surface area contributed by atoms with E-state index in [0.717, 1.165) is 22.3 Å². The van der Waals surface area contributed by atoms with Crippen LogP contribution in [0.2, 0.25) is 0 Å². The van der Waals surface area contributed by atoms with Gasteiger partial charge < -0.3 is 10.2 Å². The van der Waals surface area contributed by atoms with E-state index in [4.69, 9.17) is 0 Å². The zero-order valence-corrected chi connectivity index (χ0v) is 8.36. The Morgan fingerprint density at radius 3 is 2.50 bits per heavy atom. The van der Waals surface area contributed by atoms with Crippen LogP contribution < -0.4 is 0 Å². The first-order valence-electron chi connectivity index (χ1n) is 4.74. The number of hydrogen-bond donors (Lipinski definition) is 2. The van der Waals surface area contributed by atoms with Gasteiger partial charge in [-0.1, -0.05) is 29.8 Å². The lowest BCUT2D eigenvalue weighted by atomic mass is 9.87. The fraction of sp³-hybridized carbons (Fsp3) is 0.333. The van der Waals surface area contributed by atoms with Crippen LogP contribution in [0.25, 0.3) is 6.08 Å². The summed E-state index contributed by atoms with van der Waals surface area (Å²) in [5.74, 6) is 0. The highest BCUT2D eigenvalue weighted by Gasteiger charge is 2.25. The topological polar surface area (TPSA) is 40.5 Å². The molecule has 2 rings (SSSR count). The molecule has 0 aliphatic heterocycles. The van der Waals surface area contributed by atoms with Crippen LogP contribution in [0.1, 0.15) is 29.7 Å². The average molecular weight is 190 g/mol. The fourth-order valence-corrected chi connectivity index (χ4v) is 1.83. The second-order valence-corrected chi connectivity index (χ2v) is 3.91. The molecule has 1 aromatic carbocycles. The number of aryl methyl sites for hydroxylation is 1. The van der Waals surface area contributed by atoms with Gasteiger partial charge in [0.2, 0.25) is 0 Å². The number of fused-ring (bicyclic) bond motifs is 1. The van der Waals surface area contributed by atoms with Gasteiger partial charge in [-0.05, 0) is 30.5 Å². The fourth-order valence-electron chi connectivity index (χ4n) is 1.83. The van der Waals surface area contributed by atoms with Crippen LogP contribution >= 0.6 is 0 Å². The molecule has 0 aromatic heterocycles. The molecule has 0 saturated carbocycles. The van der Waals surface area contributed by atoms with Gasteiger partial charge in [0.25, 0.3) is 0 Å². The van der Waals surface area contributed by atoms with Gasteiger partial charge in [0, 0.05) is 0 Å². The van der Waals surface area contributed by atoms with Crippen molar-refractivity contribution < 1.29 is 10.2 Å². The molecule has 0 heterocycles. The van der Waals surface area contributed by atoms with Crippen LogP contribution in [0, 0.1) is 6.92 Å². The lowest BCUT2D eigenvalue weighted by molar-refractivity contribution is 0.0399. The molecule has 0 fully saturated rings. The SMILES string of the molecule is CC1=Cc2ccc(C)cc2[C@H](O)[C@H]1O. The molecule has 0 spiro atoms. The van der Waals surface area contributed by atoms with Crippen molar-refractivity contribution in [2.24, 2.45) is 0 Å². The first kappa shape index (κ1) is 9.44. The minimum atomic E-state index is -0.783. The van der Waals surface area contributed by atoms with Gasteiger partial charge in [0.1, 0.15) is 12.2 Å². The summed E-state index contributed by atoms with van der Waals surface area (Å²) in [5, 5.41) is 19.5. The van der Waals surface area contributed by atoms with Crippen LogP contribution in [0.5, 0.6) is 0 Å². The Morgan fingerprint density at radius 2 is 1.79 bits per heavy atom. The van der Waals surface area contributed by atoms with E-state index < -0.39 is 12.2 Å². The van der Waals surface area contributed by atoms with Crippen molar-refractivity contribution in [3.05, 3.63) is 40.5 Å². The average Bonchev–Trinajstić information content (AvgIpc) is 2.16. The van der Waals surface area contributed by atoms with E-state index >= 15 is 0 Å². The van der Waals surface area contributed by atoms with E-state index in [-0.39, 0.29) is 0 Å². The van der Waals surface area contributed by atoms with Crippen molar-refractivity contribution >= 4 is 6.08 Å². The highest BCUT2D eigenvalue weighted by molar-refractivity contribution is 5.62. The normalized spacial score (nSPS) is 25.6. The highest BCUT2D eigenvalue weighted by atomic mass is 16.3. The Balaban J connectivity index is 2.58. The van der Waals surface area contributed by atoms with E-state index in [1.807, 2.05) is 38.1 Å². The molecule has 2 atom stereocenters. The summed E-state index contributed by atoms with van der Waals surface area (Å²) >= 11 is 0. The minimum Gasteiger partial charge on any atom is -0.386 e. The second-order valence-electron chi connectivity index (χ2n) is 3.91. The summed E-state index contributed by atoms with van der Waals surface area (Å²) in [7, 11) is 0. The Bertz CT molecular complexity index is 393. The third-order valence-corrected chi connectivity index (χ3v) is 2.71. The molecule has 0 unspecified atom stereocenters. The molecule has 1 aliphatic carbocycles. The maximum absolute atomic E-state index is 9.83. The highest BCUT2D eigenvalue weighted by Crippen LogP contribution is 2.32. The van der Waals surface area contributed by atoms with Gasteiger partial charge in [-0.25, -0.2) is 0 Å². The van der Waals surface area contributed by atoms with Crippen molar-refractivity contribution in [2.45, 2.75) is 26.1 Å². The van der Waals surface area contributed by atoms with E-state index in [9.17, 15) is 10.2 Å². The largest absolute Gasteiger partial charge is 0.386 e. The quantitative estimate of drug-likeness (QED) is 0.655. The number of aliphatic hydroxyl groups excluding tert-OH is 2. The van der Waals surface area contributed by atoms with Crippen LogP contribution in [0.4, 0.5) is 0 Å². The predicted molar refractivity (Wildman–Crippen MR) is 55.8 cm³/mol. The van der Waals surface area contributed by atoms with Crippen LogP contribution in [0.3, 0.4) is 0 Å². The van der Waals surface area contributed by atoms with Gasteiger partial charge in [-0.2, -0.15) is 0 Å². The summed E-state index contributed by atoms with van der Waals surface area (Å²) in [6.45, 7) is 3.81. The molecular weight excluding hydrogens is 176 g/mol.